The largest absolute Gasteiger partial charge is 0.493 e. The molecule has 2 aromatic carbocycles. The predicted molar refractivity (Wildman–Crippen MR) is 109 cm³/mol. The Kier molecular flexibility index (Phi) is 6.07. The monoisotopic (exact) mass is 384 g/mol. The van der Waals surface area contributed by atoms with Crippen LogP contribution in [0.2, 0.25) is 0 Å². The van der Waals surface area contributed by atoms with Crippen LogP contribution in [0, 0.1) is 17.7 Å². The maximum atomic E-state index is 13.4. The van der Waals surface area contributed by atoms with Gasteiger partial charge in [-0.2, -0.15) is 0 Å². The molecule has 0 radical (unpaired) electrons. The molecule has 0 spiro atoms. The lowest BCUT2D eigenvalue weighted by Crippen LogP contribution is -2.36. The number of benzene rings is 2. The van der Waals surface area contributed by atoms with Crippen LogP contribution >= 0.6 is 0 Å². The molecular weight excluding hydrogens is 355 g/mol. The van der Waals surface area contributed by atoms with Gasteiger partial charge in [0.15, 0.2) is 0 Å². The highest BCUT2D eigenvalue weighted by molar-refractivity contribution is 5.83. The molecule has 3 rings (SSSR count). The average molecular weight is 384 g/mol. The third kappa shape index (κ3) is 4.37. The highest BCUT2D eigenvalue weighted by Crippen LogP contribution is 2.41. The molecular formula is C24H29FO3. The van der Waals surface area contributed by atoms with Crippen molar-refractivity contribution in [3.63, 3.8) is 0 Å². The van der Waals surface area contributed by atoms with Crippen molar-refractivity contribution < 1.29 is 19.0 Å². The second-order valence-electron chi connectivity index (χ2n) is 8.31. The fraction of sp³-hybridized carbons (Fsp3) is 0.458. The van der Waals surface area contributed by atoms with E-state index in [1.807, 2.05) is 39.0 Å². The molecule has 1 saturated carbocycles. The van der Waals surface area contributed by atoms with Gasteiger partial charge in [-0.15, -0.1) is 0 Å². The van der Waals surface area contributed by atoms with Crippen molar-refractivity contribution in [3.8, 4) is 16.9 Å². The fourth-order valence-corrected chi connectivity index (χ4v) is 3.83. The number of hydrogen-bond donors (Lipinski definition) is 1. The third-order valence-corrected chi connectivity index (χ3v) is 5.63. The van der Waals surface area contributed by atoms with Crippen LogP contribution in [0.25, 0.3) is 11.1 Å². The first-order chi connectivity index (χ1) is 13.4. The van der Waals surface area contributed by atoms with Crippen molar-refractivity contribution in [2.24, 2.45) is 11.8 Å². The second kappa shape index (κ2) is 8.34. The zero-order chi connectivity index (χ0) is 20.3. The van der Waals surface area contributed by atoms with Crippen LogP contribution in [-0.4, -0.2) is 17.7 Å². The molecule has 0 saturated heterocycles. The summed E-state index contributed by atoms with van der Waals surface area (Å²) in [5.74, 6) is 0.475. The standard InChI is InChI=1S/C24H29FO3/c1-4-24(23(26)27,14-16(2)3)19-9-12-22(28-15-17-5-6-17)21(13-19)18-7-10-20(25)11-8-18/h7-13,16-17H,4-6,14-15H2,1-3H3,(H,26,27). The molecule has 4 heteroatoms. The summed E-state index contributed by atoms with van der Waals surface area (Å²) in [7, 11) is 0. The molecule has 1 atom stereocenters. The van der Waals surface area contributed by atoms with Gasteiger partial charge < -0.3 is 9.84 Å². The highest BCUT2D eigenvalue weighted by Gasteiger charge is 2.39. The highest BCUT2D eigenvalue weighted by atomic mass is 19.1. The number of carbonyl (C=O) groups is 1. The second-order valence-corrected chi connectivity index (χ2v) is 8.31. The van der Waals surface area contributed by atoms with Crippen molar-refractivity contribution in [3.05, 3.63) is 53.8 Å². The summed E-state index contributed by atoms with van der Waals surface area (Å²) in [6.45, 7) is 6.67. The molecule has 1 fully saturated rings. The van der Waals surface area contributed by atoms with E-state index in [-0.39, 0.29) is 11.7 Å². The Morgan fingerprint density at radius 2 is 1.89 bits per heavy atom. The van der Waals surface area contributed by atoms with Gasteiger partial charge in [0.05, 0.1) is 12.0 Å². The number of carboxylic acids is 1. The maximum absolute atomic E-state index is 13.4. The summed E-state index contributed by atoms with van der Waals surface area (Å²) in [6.07, 6.45) is 3.45. The van der Waals surface area contributed by atoms with Crippen LogP contribution in [0.4, 0.5) is 4.39 Å². The van der Waals surface area contributed by atoms with Gasteiger partial charge in [0.2, 0.25) is 0 Å². The number of ether oxygens (including phenoxy) is 1. The van der Waals surface area contributed by atoms with Gasteiger partial charge in [0, 0.05) is 5.56 Å². The molecule has 3 nitrogen and oxygen atoms in total. The molecule has 0 amide bonds. The first kappa shape index (κ1) is 20.4. The number of carboxylic acid groups (broad SMARTS) is 1. The average Bonchev–Trinajstić information content (AvgIpc) is 3.49. The fourth-order valence-electron chi connectivity index (χ4n) is 3.83. The summed E-state index contributed by atoms with van der Waals surface area (Å²) in [4.78, 5) is 12.3. The van der Waals surface area contributed by atoms with Crippen LogP contribution < -0.4 is 4.74 Å². The van der Waals surface area contributed by atoms with Crippen molar-refractivity contribution in [1.82, 2.24) is 0 Å². The zero-order valence-corrected chi connectivity index (χ0v) is 16.9. The van der Waals surface area contributed by atoms with E-state index in [0.717, 1.165) is 22.4 Å². The molecule has 2 aromatic rings. The minimum absolute atomic E-state index is 0.246. The van der Waals surface area contributed by atoms with E-state index in [1.54, 1.807) is 12.1 Å². The SMILES string of the molecule is CCC(CC(C)C)(C(=O)O)c1ccc(OCC2CC2)c(-c2ccc(F)cc2)c1. The summed E-state index contributed by atoms with van der Waals surface area (Å²) >= 11 is 0. The topological polar surface area (TPSA) is 46.5 Å². The van der Waals surface area contributed by atoms with Crippen LogP contribution in [0.15, 0.2) is 42.5 Å². The van der Waals surface area contributed by atoms with E-state index >= 15 is 0 Å². The van der Waals surface area contributed by atoms with Crippen LogP contribution in [-0.2, 0) is 10.2 Å². The van der Waals surface area contributed by atoms with Gasteiger partial charge in [-0.25, -0.2) is 4.39 Å². The molecule has 0 aromatic heterocycles. The molecule has 28 heavy (non-hydrogen) atoms. The Bertz CT molecular complexity index is 824. The Balaban J connectivity index is 2.07. The van der Waals surface area contributed by atoms with Crippen LogP contribution in [0.1, 0.15) is 52.0 Å². The molecule has 1 aliphatic carbocycles. The van der Waals surface area contributed by atoms with Crippen molar-refractivity contribution in [1.29, 1.82) is 0 Å². The molecule has 0 aliphatic heterocycles. The first-order valence-electron chi connectivity index (χ1n) is 10.1. The van der Waals surface area contributed by atoms with Gasteiger partial charge in [-0.1, -0.05) is 39.0 Å². The van der Waals surface area contributed by atoms with Crippen molar-refractivity contribution in [2.75, 3.05) is 6.61 Å². The number of aliphatic carboxylic acids is 1. The van der Waals surface area contributed by atoms with Gasteiger partial charge in [-0.3, -0.25) is 4.79 Å². The normalized spacial score (nSPS) is 16.0. The minimum Gasteiger partial charge on any atom is -0.493 e. The number of rotatable bonds is 9. The Morgan fingerprint density at radius 3 is 2.43 bits per heavy atom. The smallest absolute Gasteiger partial charge is 0.314 e. The summed E-state index contributed by atoms with van der Waals surface area (Å²) in [5, 5.41) is 10.1. The lowest BCUT2D eigenvalue weighted by Gasteiger charge is -2.31. The zero-order valence-electron chi connectivity index (χ0n) is 16.9. The molecule has 1 unspecified atom stereocenters. The Morgan fingerprint density at radius 1 is 1.21 bits per heavy atom. The van der Waals surface area contributed by atoms with Crippen LogP contribution in [0.5, 0.6) is 5.75 Å². The van der Waals surface area contributed by atoms with Gasteiger partial charge >= 0.3 is 5.97 Å². The molecule has 1 N–H and O–H groups in total. The number of halogens is 1. The van der Waals surface area contributed by atoms with Gasteiger partial charge in [0.1, 0.15) is 11.6 Å². The van der Waals surface area contributed by atoms with Crippen molar-refractivity contribution in [2.45, 2.75) is 51.9 Å². The minimum atomic E-state index is -0.946. The molecule has 150 valence electrons. The van der Waals surface area contributed by atoms with Gasteiger partial charge in [0.25, 0.3) is 0 Å². The number of hydrogen-bond acceptors (Lipinski definition) is 2. The van der Waals surface area contributed by atoms with E-state index < -0.39 is 11.4 Å². The quantitative estimate of drug-likeness (QED) is 0.571. The van der Waals surface area contributed by atoms with E-state index in [9.17, 15) is 14.3 Å². The van der Waals surface area contributed by atoms with E-state index in [4.69, 9.17) is 4.74 Å². The third-order valence-electron chi connectivity index (χ3n) is 5.63. The van der Waals surface area contributed by atoms with Crippen molar-refractivity contribution >= 4 is 5.97 Å². The first-order valence-corrected chi connectivity index (χ1v) is 10.1. The van der Waals surface area contributed by atoms with Crippen LogP contribution in [0.3, 0.4) is 0 Å². The molecule has 0 heterocycles. The molecule has 1 aliphatic rings. The lowest BCUT2D eigenvalue weighted by molar-refractivity contribution is -0.144. The van der Waals surface area contributed by atoms with E-state index in [0.29, 0.717) is 25.4 Å². The van der Waals surface area contributed by atoms with E-state index in [1.165, 1.54) is 25.0 Å². The lowest BCUT2D eigenvalue weighted by atomic mass is 9.72. The predicted octanol–water partition coefficient (Wildman–Crippen LogP) is 6.06. The Labute approximate surface area is 166 Å². The summed E-state index contributed by atoms with van der Waals surface area (Å²) in [6, 6.07) is 12.0. The van der Waals surface area contributed by atoms with E-state index in [2.05, 4.69) is 0 Å². The summed E-state index contributed by atoms with van der Waals surface area (Å²) < 4.78 is 19.5. The molecule has 0 bridgehead atoms. The Hall–Kier alpha value is -2.36. The summed E-state index contributed by atoms with van der Waals surface area (Å²) in [5.41, 5.74) is 1.47. The van der Waals surface area contributed by atoms with Gasteiger partial charge in [-0.05, 0) is 72.9 Å². The maximum Gasteiger partial charge on any atom is 0.314 e.